The summed E-state index contributed by atoms with van der Waals surface area (Å²) in [6, 6.07) is 11.9. The molecule has 2 aromatic carbocycles. The Balaban J connectivity index is 1.76. The van der Waals surface area contributed by atoms with Gasteiger partial charge in [-0.15, -0.1) is 0 Å². The summed E-state index contributed by atoms with van der Waals surface area (Å²) in [5, 5.41) is 2.12. The van der Waals surface area contributed by atoms with Crippen molar-refractivity contribution in [1.29, 1.82) is 0 Å². The molecule has 5 nitrogen and oxygen atoms in total. The van der Waals surface area contributed by atoms with Crippen molar-refractivity contribution in [1.82, 2.24) is 4.98 Å². The lowest BCUT2D eigenvalue weighted by atomic mass is 10.0. The number of nitrogens with zero attached hydrogens (tertiary/aromatic N) is 1. The van der Waals surface area contributed by atoms with Crippen LogP contribution in [-0.2, 0) is 6.42 Å². The minimum Gasteiger partial charge on any atom is -0.493 e. The molecule has 0 atom stereocenters. The lowest BCUT2D eigenvalue weighted by Crippen LogP contribution is -1.96. The highest BCUT2D eigenvalue weighted by Gasteiger charge is 2.15. The Morgan fingerprint density at radius 1 is 0.958 bits per heavy atom. The summed E-state index contributed by atoms with van der Waals surface area (Å²) in [5.41, 5.74) is 2.10. The van der Waals surface area contributed by atoms with Crippen LogP contribution in [0.15, 0.2) is 42.6 Å². The quantitative estimate of drug-likeness (QED) is 0.734. The fourth-order valence-corrected chi connectivity index (χ4v) is 2.94. The number of hydrogen-bond acceptors (Lipinski definition) is 5. The molecule has 3 aromatic rings. The third-order valence-electron chi connectivity index (χ3n) is 4.16. The standard InChI is InChI=1S/C19H17NO4/c1-21-17-9-13-5-6-20-15(14(13)10-18(17)22-2)7-12-3-4-16-19(8-12)24-11-23-16/h3-6,8-10H,7,11H2,1-2H3. The highest BCUT2D eigenvalue weighted by molar-refractivity contribution is 5.88. The summed E-state index contributed by atoms with van der Waals surface area (Å²) in [6.45, 7) is 0.280. The second-order valence-corrected chi connectivity index (χ2v) is 5.55. The predicted molar refractivity (Wildman–Crippen MR) is 90.2 cm³/mol. The Morgan fingerprint density at radius 2 is 1.75 bits per heavy atom. The summed E-state index contributed by atoms with van der Waals surface area (Å²) in [5.74, 6) is 2.98. The van der Waals surface area contributed by atoms with Gasteiger partial charge in [0.25, 0.3) is 0 Å². The second-order valence-electron chi connectivity index (χ2n) is 5.55. The van der Waals surface area contributed by atoms with Crippen molar-refractivity contribution in [2.45, 2.75) is 6.42 Å². The smallest absolute Gasteiger partial charge is 0.231 e. The van der Waals surface area contributed by atoms with Gasteiger partial charge < -0.3 is 18.9 Å². The fraction of sp³-hybridized carbons (Fsp3) is 0.211. The maximum absolute atomic E-state index is 5.45. The van der Waals surface area contributed by atoms with E-state index in [9.17, 15) is 0 Å². The lowest BCUT2D eigenvalue weighted by Gasteiger charge is -2.11. The van der Waals surface area contributed by atoms with E-state index in [1.165, 1.54) is 0 Å². The molecule has 0 radical (unpaired) electrons. The Morgan fingerprint density at radius 3 is 2.58 bits per heavy atom. The average Bonchev–Trinajstić information content (AvgIpc) is 3.08. The van der Waals surface area contributed by atoms with Gasteiger partial charge in [-0.25, -0.2) is 0 Å². The van der Waals surface area contributed by atoms with Gasteiger partial charge in [0.15, 0.2) is 23.0 Å². The van der Waals surface area contributed by atoms with E-state index in [1.807, 2.05) is 42.6 Å². The van der Waals surface area contributed by atoms with Crippen LogP contribution in [0.2, 0.25) is 0 Å². The summed E-state index contributed by atoms with van der Waals surface area (Å²) in [6.07, 6.45) is 2.51. The molecule has 122 valence electrons. The summed E-state index contributed by atoms with van der Waals surface area (Å²) < 4.78 is 21.6. The monoisotopic (exact) mass is 323 g/mol. The second kappa shape index (κ2) is 5.92. The number of benzene rings is 2. The van der Waals surface area contributed by atoms with Crippen LogP contribution >= 0.6 is 0 Å². The van der Waals surface area contributed by atoms with Gasteiger partial charge in [0.2, 0.25) is 6.79 Å². The van der Waals surface area contributed by atoms with E-state index in [0.29, 0.717) is 17.9 Å². The molecule has 0 amide bonds. The van der Waals surface area contributed by atoms with Gasteiger partial charge in [-0.05, 0) is 41.3 Å². The average molecular weight is 323 g/mol. The Labute approximate surface area is 139 Å². The molecule has 0 N–H and O–H groups in total. The van der Waals surface area contributed by atoms with Crippen LogP contribution in [0.4, 0.5) is 0 Å². The molecule has 1 aliphatic rings. The summed E-state index contributed by atoms with van der Waals surface area (Å²) in [7, 11) is 3.27. The number of ether oxygens (including phenoxy) is 4. The van der Waals surface area contributed by atoms with E-state index in [1.54, 1.807) is 14.2 Å². The van der Waals surface area contributed by atoms with Crippen molar-refractivity contribution in [3.05, 3.63) is 53.9 Å². The first kappa shape index (κ1) is 14.6. The van der Waals surface area contributed by atoms with Crippen molar-refractivity contribution in [3.8, 4) is 23.0 Å². The first-order valence-electron chi connectivity index (χ1n) is 7.66. The van der Waals surface area contributed by atoms with Crippen LogP contribution in [-0.4, -0.2) is 26.0 Å². The van der Waals surface area contributed by atoms with Crippen molar-refractivity contribution < 1.29 is 18.9 Å². The minimum atomic E-state index is 0.280. The SMILES string of the molecule is COc1cc2ccnc(Cc3ccc4c(c3)OCO4)c2cc1OC. The Hall–Kier alpha value is -2.95. The lowest BCUT2D eigenvalue weighted by molar-refractivity contribution is 0.174. The van der Waals surface area contributed by atoms with Crippen LogP contribution in [0, 0.1) is 0 Å². The predicted octanol–water partition coefficient (Wildman–Crippen LogP) is 3.57. The molecule has 2 heterocycles. The highest BCUT2D eigenvalue weighted by Crippen LogP contribution is 2.35. The molecular weight excluding hydrogens is 306 g/mol. The molecule has 0 saturated heterocycles. The zero-order valence-electron chi connectivity index (χ0n) is 13.5. The molecule has 0 spiro atoms. The molecule has 1 aromatic heterocycles. The normalized spacial score (nSPS) is 12.4. The molecule has 0 aliphatic carbocycles. The van der Waals surface area contributed by atoms with Gasteiger partial charge in [0.1, 0.15) is 0 Å². The Kier molecular flexibility index (Phi) is 3.61. The van der Waals surface area contributed by atoms with E-state index >= 15 is 0 Å². The number of pyridine rings is 1. The largest absolute Gasteiger partial charge is 0.493 e. The van der Waals surface area contributed by atoms with Crippen molar-refractivity contribution in [2.75, 3.05) is 21.0 Å². The van der Waals surface area contributed by atoms with Crippen LogP contribution in [0.3, 0.4) is 0 Å². The van der Waals surface area contributed by atoms with Gasteiger partial charge in [-0.3, -0.25) is 4.98 Å². The maximum atomic E-state index is 5.45. The molecule has 0 fully saturated rings. The molecular formula is C19H17NO4. The summed E-state index contributed by atoms with van der Waals surface area (Å²) >= 11 is 0. The molecule has 0 saturated carbocycles. The van der Waals surface area contributed by atoms with E-state index in [4.69, 9.17) is 18.9 Å². The zero-order valence-corrected chi connectivity index (χ0v) is 13.5. The zero-order chi connectivity index (χ0) is 16.5. The maximum Gasteiger partial charge on any atom is 0.231 e. The van der Waals surface area contributed by atoms with E-state index in [2.05, 4.69) is 4.98 Å². The van der Waals surface area contributed by atoms with E-state index < -0.39 is 0 Å². The van der Waals surface area contributed by atoms with E-state index in [0.717, 1.165) is 33.5 Å². The topological polar surface area (TPSA) is 49.8 Å². The van der Waals surface area contributed by atoms with Gasteiger partial charge in [0, 0.05) is 18.0 Å². The van der Waals surface area contributed by atoms with Crippen molar-refractivity contribution in [2.24, 2.45) is 0 Å². The van der Waals surface area contributed by atoms with Crippen LogP contribution in [0.1, 0.15) is 11.3 Å². The number of fused-ring (bicyclic) bond motifs is 2. The highest BCUT2D eigenvalue weighted by atomic mass is 16.7. The molecule has 0 bridgehead atoms. The Bertz CT molecular complexity index is 907. The number of hydrogen-bond donors (Lipinski definition) is 0. The van der Waals surface area contributed by atoms with Crippen LogP contribution in [0.5, 0.6) is 23.0 Å². The van der Waals surface area contributed by atoms with Gasteiger partial charge in [0.05, 0.1) is 19.9 Å². The molecule has 0 unspecified atom stereocenters. The third-order valence-corrected chi connectivity index (χ3v) is 4.16. The third kappa shape index (κ3) is 2.48. The van der Waals surface area contributed by atoms with Crippen molar-refractivity contribution >= 4 is 10.8 Å². The molecule has 1 aliphatic heterocycles. The van der Waals surface area contributed by atoms with E-state index in [-0.39, 0.29) is 6.79 Å². The van der Waals surface area contributed by atoms with Gasteiger partial charge >= 0.3 is 0 Å². The van der Waals surface area contributed by atoms with Crippen molar-refractivity contribution in [3.63, 3.8) is 0 Å². The summed E-state index contributed by atoms with van der Waals surface area (Å²) in [4.78, 5) is 4.56. The fourth-order valence-electron chi connectivity index (χ4n) is 2.94. The first-order chi connectivity index (χ1) is 11.8. The van der Waals surface area contributed by atoms with Crippen LogP contribution < -0.4 is 18.9 Å². The number of methoxy groups -OCH3 is 2. The van der Waals surface area contributed by atoms with Gasteiger partial charge in [-0.2, -0.15) is 0 Å². The number of rotatable bonds is 4. The molecule has 5 heteroatoms. The first-order valence-corrected chi connectivity index (χ1v) is 7.66. The van der Waals surface area contributed by atoms with Crippen LogP contribution in [0.25, 0.3) is 10.8 Å². The van der Waals surface area contributed by atoms with Gasteiger partial charge in [-0.1, -0.05) is 6.07 Å². The number of aromatic nitrogens is 1. The molecule has 4 rings (SSSR count). The minimum absolute atomic E-state index is 0.280. The molecule has 24 heavy (non-hydrogen) atoms.